The van der Waals surface area contributed by atoms with E-state index in [4.69, 9.17) is 10.8 Å². The molecule has 0 saturated carbocycles. The number of hydrogen-bond acceptors (Lipinski definition) is 3. The van der Waals surface area contributed by atoms with Gasteiger partial charge in [-0.15, -0.1) is 0 Å². The summed E-state index contributed by atoms with van der Waals surface area (Å²) in [6.07, 6.45) is 0.718. The van der Waals surface area contributed by atoms with Gasteiger partial charge in [-0.25, -0.2) is 0 Å². The molecule has 0 aliphatic rings. The Labute approximate surface area is 109 Å². The highest BCUT2D eigenvalue weighted by atomic mass is 16.4. The smallest absolute Gasteiger partial charge is 0.305 e. The Morgan fingerprint density at radius 2 is 1.83 bits per heavy atom. The molecule has 18 heavy (non-hydrogen) atoms. The molecule has 3 atom stereocenters. The van der Waals surface area contributed by atoms with Gasteiger partial charge in [0.2, 0.25) is 5.91 Å². The molecule has 0 aliphatic heterocycles. The van der Waals surface area contributed by atoms with E-state index in [1.54, 1.807) is 0 Å². The molecule has 5 heteroatoms. The first-order valence-electron chi connectivity index (χ1n) is 6.37. The Balaban J connectivity index is 4.68. The van der Waals surface area contributed by atoms with Crippen molar-refractivity contribution >= 4 is 11.9 Å². The van der Waals surface area contributed by atoms with Crippen molar-refractivity contribution in [3.63, 3.8) is 0 Å². The molecule has 106 valence electrons. The molecule has 0 radical (unpaired) electrons. The second kappa shape index (κ2) is 6.73. The lowest BCUT2D eigenvalue weighted by Crippen LogP contribution is -2.52. The van der Waals surface area contributed by atoms with E-state index in [9.17, 15) is 9.59 Å². The van der Waals surface area contributed by atoms with Crippen LogP contribution in [0, 0.1) is 11.3 Å². The van der Waals surface area contributed by atoms with Crippen LogP contribution < -0.4 is 11.1 Å². The third kappa shape index (κ3) is 5.49. The minimum atomic E-state index is -0.924. The number of carbonyl (C=O) groups excluding carboxylic acids is 1. The monoisotopic (exact) mass is 258 g/mol. The predicted molar refractivity (Wildman–Crippen MR) is 71.1 cm³/mol. The normalized spacial score (nSPS) is 16.8. The molecule has 5 nitrogen and oxygen atoms in total. The summed E-state index contributed by atoms with van der Waals surface area (Å²) in [6.45, 7) is 9.57. The van der Waals surface area contributed by atoms with Gasteiger partial charge in [-0.1, -0.05) is 41.0 Å². The summed E-state index contributed by atoms with van der Waals surface area (Å²) < 4.78 is 0. The van der Waals surface area contributed by atoms with Crippen molar-refractivity contribution in [2.24, 2.45) is 17.1 Å². The van der Waals surface area contributed by atoms with Crippen LogP contribution in [0.1, 0.15) is 47.5 Å². The first-order valence-corrected chi connectivity index (χ1v) is 6.37. The van der Waals surface area contributed by atoms with Gasteiger partial charge in [0.25, 0.3) is 0 Å². The minimum Gasteiger partial charge on any atom is -0.481 e. The maximum atomic E-state index is 12.0. The van der Waals surface area contributed by atoms with E-state index in [1.807, 2.05) is 34.6 Å². The molecule has 1 unspecified atom stereocenters. The molecule has 0 heterocycles. The SMILES string of the molecule is CC[C@H](C)[C@H](N)C(=O)NC(CC(=O)O)C(C)(C)C. The van der Waals surface area contributed by atoms with E-state index >= 15 is 0 Å². The number of carbonyl (C=O) groups is 2. The molecular weight excluding hydrogens is 232 g/mol. The summed E-state index contributed by atoms with van der Waals surface area (Å²) in [5, 5.41) is 11.6. The van der Waals surface area contributed by atoms with E-state index in [2.05, 4.69) is 5.32 Å². The molecule has 0 aliphatic carbocycles. The average Bonchev–Trinajstić information content (AvgIpc) is 2.24. The van der Waals surface area contributed by atoms with Crippen molar-refractivity contribution in [1.29, 1.82) is 0 Å². The molecule has 0 aromatic carbocycles. The summed E-state index contributed by atoms with van der Waals surface area (Å²) in [5.41, 5.74) is 5.52. The van der Waals surface area contributed by atoms with E-state index in [0.29, 0.717) is 0 Å². The van der Waals surface area contributed by atoms with E-state index in [-0.39, 0.29) is 23.7 Å². The number of amides is 1. The largest absolute Gasteiger partial charge is 0.481 e. The number of carboxylic acid groups (broad SMARTS) is 1. The molecule has 0 aromatic heterocycles. The zero-order valence-corrected chi connectivity index (χ0v) is 12.0. The van der Waals surface area contributed by atoms with Crippen LogP contribution >= 0.6 is 0 Å². The average molecular weight is 258 g/mol. The quantitative estimate of drug-likeness (QED) is 0.671. The van der Waals surface area contributed by atoms with Crippen molar-refractivity contribution in [2.75, 3.05) is 0 Å². The summed E-state index contributed by atoms with van der Waals surface area (Å²) in [6, 6.07) is -1.01. The van der Waals surface area contributed by atoms with Gasteiger partial charge in [0, 0.05) is 6.04 Å². The Morgan fingerprint density at radius 1 is 1.33 bits per heavy atom. The fourth-order valence-corrected chi connectivity index (χ4v) is 1.53. The highest BCUT2D eigenvalue weighted by molar-refractivity contribution is 5.82. The Hall–Kier alpha value is -1.10. The van der Waals surface area contributed by atoms with Crippen LogP contribution in [0.2, 0.25) is 0 Å². The topological polar surface area (TPSA) is 92.4 Å². The van der Waals surface area contributed by atoms with Gasteiger partial charge in [-0.05, 0) is 11.3 Å². The van der Waals surface area contributed by atoms with Crippen LogP contribution in [0.3, 0.4) is 0 Å². The molecule has 0 saturated heterocycles. The Kier molecular flexibility index (Phi) is 6.32. The number of nitrogens with two attached hydrogens (primary N) is 1. The number of rotatable bonds is 6. The van der Waals surface area contributed by atoms with Crippen molar-refractivity contribution in [3.8, 4) is 0 Å². The van der Waals surface area contributed by atoms with Gasteiger partial charge in [-0.3, -0.25) is 9.59 Å². The standard InChI is InChI=1S/C13H26N2O3/c1-6-8(2)11(14)12(18)15-9(7-10(16)17)13(3,4)5/h8-9,11H,6-7,14H2,1-5H3,(H,15,18)(H,16,17)/t8-,9?,11-/m0/s1. The van der Waals surface area contributed by atoms with Gasteiger partial charge in [-0.2, -0.15) is 0 Å². The highest BCUT2D eigenvalue weighted by Gasteiger charge is 2.30. The molecule has 1 amide bonds. The van der Waals surface area contributed by atoms with Gasteiger partial charge < -0.3 is 16.2 Å². The second-order valence-electron chi connectivity index (χ2n) is 5.94. The summed E-state index contributed by atoms with van der Waals surface area (Å²) in [4.78, 5) is 22.8. The molecule has 0 aromatic rings. The first-order chi connectivity index (χ1) is 8.09. The number of carboxylic acids is 1. The maximum Gasteiger partial charge on any atom is 0.305 e. The third-order valence-corrected chi connectivity index (χ3v) is 3.30. The van der Waals surface area contributed by atoms with E-state index in [1.165, 1.54) is 0 Å². The lowest BCUT2D eigenvalue weighted by Gasteiger charge is -2.32. The predicted octanol–water partition coefficient (Wildman–Crippen LogP) is 1.37. The van der Waals surface area contributed by atoms with Gasteiger partial charge in [0.1, 0.15) is 0 Å². The van der Waals surface area contributed by atoms with Crippen molar-refractivity contribution in [2.45, 2.75) is 59.5 Å². The van der Waals surface area contributed by atoms with Crippen LogP contribution in [0.15, 0.2) is 0 Å². The van der Waals surface area contributed by atoms with E-state index in [0.717, 1.165) is 6.42 Å². The maximum absolute atomic E-state index is 12.0. The fraction of sp³-hybridized carbons (Fsp3) is 0.846. The first kappa shape index (κ1) is 16.9. The summed E-state index contributed by atoms with van der Waals surface area (Å²) >= 11 is 0. The van der Waals surface area contributed by atoms with Gasteiger partial charge in [0.15, 0.2) is 0 Å². The van der Waals surface area contributed by atoms with Crippen LogP contribution in [0.25, 0.3) is 0 Å². The van der Waals surface area contributed by atoms with Crippen molar-refractivity contribution in [1.82, 2.24) is 5.32 Å². The van der Waals surface area contributed by atoms with Crippen LogP contribution in [0.4, 0.5) is 0 Å². The molecule has 0 spiro atoms. The van der Waals surface area contributed by atoms with E-state index < -0.39 is 18.1 Å². The van der Waals surface area contributed by atoms with Gasteiger partial charge in [0.05, 0.1) is 12.5 Å². The number of hydrogen-bond donors (Lipinski definition) is 3. The summed E-state index contributed by atoms with van der Waals surface area (Å²) in [7, 11) is 0. The van der Waals surface area contributed by atoms with Gasteiger partial charge >= 0.3 is 5.97 Å². The van der Waals surface area contributed by atoms with Crippen LogP contribution in [-0.4, -0.2) is 29.1 Å². The lowest BCUT2D eigenvalue weighted by molar-refractivity contribution is -0.138. The van der Waals surface area contributed by atoms with Crippen molar-refractivity contribution in [3.05, 3.63) is 0 Å². The summed E-state index contributed by atoms with van der Waals surface area (Å²) in [5.74, 6) is -1.12. The number of aliphatic carboxylic acids is 1. The Bertz CT molecular complexity index is 297. The molecule has 4 N–H and O–H groups in total. The Morgan fingerprint density at radius 3 is 2.17 bits per heavy atom. The van der Waals surface area contributed by atoms with Crippen LogP contribution in [0.5, 0.6) is 0 Å². The second-order valence-corrected chi connectivity index (χ2v) is 5.94. The van der Waals surface area contributed by atoms with Crippen LogP contribution in [-0.2, 0) is 9.59 Å². The fourth-order valence-electron chi connectivity index (χ4n) is 1.53. The molecular formula is C13H26N2O3. The third-order valence-electron chi connectivity index (χ3n) is 3.30. The lowest BCUT2D eigenvalue weighted by atomic mass is 9.84. The zero-order chi connectivity index (χ0) is 14.5. The molecule has 0 bridgehead atoms. The number of nitrogens with one attached hydrogen (secondary N) is 1. The van der Waals surface area contributed by atoms with Crippen molar-refractivity contribution < 1.29 is 14.7 Å². The zero-order valence-electron chi connectivity index (χ0n) is 12.0. The minimum absolute atomic E-state index is 0.0791. The molecule has 0 fully saturated rings. The molecule has 0 rings (SSSR count). The highest BCUT2D eigenvalue weighted by Crippen LogP contribution is 2.22.